The number of hydrogen-bond acceptors (Lipinski definition) is 2. The first-order valence-electron chi connectivity index (χ1n) is 2.17. The van der Waals surface area contributed by atoms with Gasteiger partial charge in [0.25, 0.3) is 0 Å². The summed E-state index contributed by atoms with van der Waals surface area (Å²) in [5.41, 5.74) is 0. The second kappa shape index (κ2) is 4.06. The highest BCUT2D eigenvalue weighted by Crippen LogP contribution is 2.07. The van der Waals surface area contributed by atoms with E-state index in [9.17, 15) is 0 Å². The maximum Gasteiger partial charge on any atom is 0.145 e. The monoisotopic (exact) mass is 118 g/mol. The molecule has 1 nitrogen and oxygen atoms in total. The van der Waals surface area contributed by atoms with E-state index in [1.54, 1.807) is 0 Å². The van der Waals surface area contributed by atoms with Gasteiger partial charge in [0.05, 0.1) is 6.61 Å². The van der Waals surface area contributed by atoms with Crippen LogP contribution in [0.3, 0.4) is 0 Å². The van der Waals surface area contributed by atoms with Crippen molar-refractivity contribution in [3.8, 4) is 0 Å². The zero-order valence-electron chi connectivity index (χ0n) is 4.73. The Kier molecular flexibility index (Phi) is 4.00. The summed E-state index contributed by atoms with van der Waals surface area (Å²) in [5.74, 6) is 0. The van der Waals surface area contributed by atoms with Gasteiger partial charge in [0.2, 0.25) is 0 Å². The third-order valence-corrected chi connectivity index (χ3v) is 1.11. The first kappa shape index (κ1) is 6.89. The van der Waals surface area contributed by atoms with Crippen molar-refractivity contribution >= 4 is 11.8 Å². The smallest absolute Gasteiger partial charge is 0.145 e. The molecule has 0 atom stereocenters. The first-order chi connectivity index (χ1) is 3.31. The SMILES string of the molecule is C=C(OCC)SC. The molecule has 0 aromatic rings. The molecular weight excluding hydrogens is 108 g/mol. The molecule has 2 heteroatoms. The molecule has 0 aliphatic rings. The Labute approximate surface area is 48.7 Å². The minimum absolute atomic E-state index is 0.722. The van der Waals surface area contributed by atoms with Crippen LogP contribution in [0.15, 0.2) is 11.7 Å². The molecule has 0 radical (unpaired) electrons. The second-order valence-electron chi connectivity index (χ2n) is 1.01. The van der Waals surface area contributed by atoms with Gasteiger partial charge < -0.3 is 4.74 Å². The number of thioether (sulfide) groups is 1. The van der Waals surface area contributed by atoms with Crippen LogP contribution in [0, 0.1) is 0 Å². The molecule has 0 fully saturated rings. The van der Waals surface area contributed by atoms with Gasteiger partial charge in [0.1, 0.15) is 5.09 Å². The minimum atomic E-state index is 0.722. The summed E-state index contributed by atoms with van der Waals surface area (Å²) in [7, 11) is 0. The van der Waals surface area contributed by atoms with Crippen molar-refractivity contribution in [3.63, 3.8) is 0 Å². The Bertz CT molecular complexity index is 61.1. The molecule has 0 bridgehead atoms. The number of rotatable bonds is 3. The van der Waals surface area contributed by atoms with Gasteiger partial charge in [-0.1, -0.05) is 11.8 Å². The molecule has 0 aliphatic heterocycles. The predicted octanol–water partition coefficient (Wildman–Crippen LogP) is 1.86. The summed E-state index contributed by atoms with van der Waals surface area (Å²) in [6.07, 6.45) is 1.94. The lowest BCUT2D eigenvalue weighted by Gasteiger charge is -1.99. The van der Waals surface area contributed by atoms with E-state index in [4.69, 9.17) is 4.74 Å². The summed E-state index contributed by atoms with van der Waals surface area (Å²) in [6, 6.07) is 0. The molecule has 0 saturated heterocycles. The lowest BCUT2D eigenvalue weighted by molar-refractivity contribution is 0.259. The van der Waals surface area contributed by atoms with Crippen LogP contribution in [0.1, 0.15) is 6.92 Å². The summed E-state index contributed by atoms with van der Waals surface area (Å²) in [4.78, 5) is 0. The maximum atomic E-state index is 4.96. The topological polar surface area (TPSA) is 9.23 Å². The molecule has 0 N–H and O–H groups in total. The Balaban J connectivity index is 3.00. The van der Waals surface area contributed by atoms with Crippen molar-refractivity contribution < 1.29 is 4.74 Å². The number of ether oxygens (including phenoxy) is 1. The molecule has 42 valence electrons. The van der Waals surface area contributed by atoms with Crippen LogP contribution in [-0.2, 0) is 4.74 Å². The van der Waals surface area contributed by atoms with Gasteiger partial charge in [-0.3, -0.25) is 0 Å². The van der Waals surface area contributed by atoms with E-state index in [1.165, 1.54) is 11.8 Å². The quantitative estimate of drug-likeness (QED) is 0.523. The van der Waals surface area contributed by atoms with Crippen molar-refractivity contribution in [2.24, 2.45) is 0 Å². The average Bonchev–Trinajstić information content (AvgIpc) is 1.68. The summed E-state index contributed by atoms with van der Waals surface area (Å²) < 4.78 is 4.96. The first-order valence-corrected chi connectivity index (χ1v) is 3.39. The lowest BCUT2D eigenvalue weighted by atomic mass is 10.9. The fourth-order valence-corrected chi connectivity index (χ4v) is 0.456. The Morgan fingerprint density at radius 3 is 2.57 bits per heavy atom. The molecule has 7 heavy (non-hydrogen) atoms. The molecule has 0 unspecified atom stereocenters. The van der Waals surface area contributed by atoms with Gasteiger partial charge in [-0.2, -0.15) is 0 Å². The van der Waals surface area contributed by atoms with Crippen molar-refractivity contribution in [2.75, 3.05) is 12.9 Å². The zero-order chi connectivity index (χ0) is 5.70. The molecule has 0 spiro atoms. The van der Waals surface area contributed by atoms with E-state index < -0.39 is 0 Å². The molecular formula is C5H10OS. The Morgan fingerprint density at radius 2 is 2.43 bits per heavy atom. The van der Waals surface area contributed by atoms with Gasteiger partial charge in [0.15, 0.2) is 0 Å². The number of hydrogen-bond donors (Lipinski definition) is 0. The molecule has 0 aliphatic carbocycles. The molecule has 0 saturated carbocycles. The van der Waals surface area contributed by atoms with Gasteiger partial charge in [-0.05, 0) is 19.8 Å². The van der Waals surface area contributed by atoms with Crippen LogP contribution in [0.4, 0.5) is 0 Å². The van der Waals surface area contributed by atoms with Gasteiger partial charge in [0, 0.05) is 0 Å². The fraction of sp³-hybridized carbons (Fsp3) is 0.600. The zero-order valence-corrected chi connectivity index (χ0v) is 5.55. The van der Waals surface area contributed by atoms with Crippen molar-refractivity contribution in [1.29, 1.82) is 0 Å². The van der Waals surface area contributed by atoms with E-state index in [1.807, 2.05) is 13.2 Å². The van der Waals surface area contributed by atoms with E-state index in [0.717, 1.165) is 11.7 Å². The van der Waals surface area contributed by atoms with Gasteiger partial charge in [-0.15, -0.1) is 0 Å². The Hall–Kier alpha value is -0.110. The highest BCUT2D eigenvalue weighted by molar-refractivity contribution is 8.02. The molecule has 0 amide bonds. The van der Waals surface area contributed by atoms with E-state index in [-0.39, 0.29) is 0 Å². The van der Waals surface area contributed by atoms with Crippen molar-refractivity contribution in [3.05, 3.63) is 11.7 Å². The standard InChI is InChI=1S/C5H10OS/c1-4-6-5(2)7-3/h2,4H2,1,3H3. The average molecular weight is 118 g/mol. The summed E-state index contributed by atoms with van der Waals surface area (Å²) in [5, 5.41) is 0.794. The third-order valence-electron chi connectivity index (χ3n) is 0.533. The van der Waals surface area contributed by atoms with Crippen LogP contribution < -0.4 is 0 Å². The molecule has 0 aromatic carbocycles. The lowest BCUT2D eigenvalue weighted by Crippen LogP contribution is -1.82. The normalized spacial score (nSPS) is 8.29. The molecule has 0 aromatic heterocycles. The minimum Gasteiger partial charge on any atom is -0.488 e. The van der Waals surface area contributed by atoms with Crippen LogP contribution in [0.2, 0.25) is 0 Å². The third kappa shape index (κ3) is 3.73. The maximum absolute atomic E-state index is 4.96. The highest BCUT2D eigenvalue weighted by Gasteiger charge is 1.82. The van der Waals surface area contributed by atoms with Crippen molar-refractivity contribution in [1.82, 2.24) is 0 Å². The molecule has 0 heterocycles. The van der Waals surface area contributed by atoms with Crippen LogP contribution in [0.25, 0.3) is 0 Å². The van der Waals surface area contributed by atoms with Gasteiger partial charge in [-0.25, -0.2) is 0 Å². The summed E-state index contributed by atoms with van der Waals surface area (Å²) >= 11 is 1.53. The Morgan fingerprint density at radius 1 is 1.86 bits per heavy atom. The van der Waals surface area contributed by atoms with Crippen LogP contribution in [0.5, 0.6) is 0 Å². The van der Waals surface area contributed by atoms with E-state index >= 15 is 0 Å². The van der Waals surface area contributed by atoms with Crippen LogP contribution in [-0.4, -0.2) is 12.9 Å². The highest BCUT2D eigenvalue weighted by atomic mass is 32.2. The van der Waals surface area contributed by atoms with Crippen molar-refractivity contribution in [2.45, 2.75) is 6.92 Å². The van der Waals surface area contributed by atoms with E-state index in [2.05, 4.69) is 6.58 Å². The largest absolute Gasteiger partial charge is 0.488 e. The van der Waals surface area contributed by atoms with Crippen LogP contribution >= 0.6 is 11.8 Å². The summed E-state index contributed by atoms with van der Waals surface area (Å²) in [6.45, 7) is 6.27. The van der Waals surface area contributed by atoms with Gasteiger partial charge >= 0.3 is 0 Å². The second-order valence-corrected chi connectivity index (χ2v) is 1.87. The fourth-order valence-electron chi connectivity index (χ4n) is 0.220. The predicted molar refractivity (Wildman–Crippen MR) is 34.3 cm³/mol. The molecule has 0 rings (SSSR count). The van der Waals surface area contributed by atoms with E-state index in [0.29, 0.717) is 0 Å².